The Morgan fingerprint density at radius 3 is 1.22 bits per heavy atom. The summed E-state index contributed by atoms with van der Waals surface area (Å²) in [6.45, 7) is -0.0111. The Bertz CT molecular complexity index is 3260. The second-order valence-electron chi connectivity index (χ2n) is 16.4. The monoisotopic (exact) mass is 800 g/mol. The quantitative estimate of drug-likeness (QED) is 0.148. The lowest BCUT2D eigenvalue weighted by atomic mass is 9.33. The van der Waals surface area contributed by atoms with E-state index in [0.29, 0.717) is 0 Å². The molecule has 2 nitrogen and oxygen atoms in total. The van der Waals surface area contributed by atoms with Crippen molar-refractivity contribution in [3.63, 3.8) is 0 Å². The third-order valence-corrected chi connectivity index (χ3v) is 12.9. The van der Waals surface area contributed by atoms with Gasteiger partial charge in [0.2, 0.25) is 0 Å². The third-order valence-electron chi connectivity index (χ3n) is 12.9. The zero-order valence-corrected chi connectivity index (χ0v) is 34.6. The normalized spacial score (nSPS) is 12.3. The molecule has 0 fully saturated rings. The Morgan fingerprint density at radius 1 is 0.238 bits per heavy atom. The number of anilines is 6. The van der Waals surface area contributed by atoms with Crippen LogP contribution in [-0.4, -0.2) is 6.71 Å². The summed E-state index contributed by atoms with van der Waals surface area (Å²) in [5.41, 5.74) is 22.9. The van der Waals surface area contributed by atoms with E-state index in [2.05, 4.69) is 259 Å². The van der Waals surface area contributed by atoms with Crippen LogP contribution in [0.15, 0.2) is 249 Å². The van der Waals surface area contributed by atoms with Gasteiger partial charge in [0.1, 0.15) is 0 Å². The van der Waals surface area contributed by atoms with E-state index in [9.17, 15) is 0 Å². The molecule has 3 heteroatoms. The van der Waals surface area contributed by atoms with Crippen molar-refractivity contribution in [3.8, 4) is 55.6 Å². The lowest BCUT2D eigenvalue weighted by Gasteiger charge is -2.44. The van der Waals surface area contributed by atoms with Gasteiger partial charge in [0, 0.05) is 34.1 Å². The largest absolute Gasteiger partial charge is 0.311 e. The second kappa shape index (κ2) is 15.4. The number of nitrogens with zero attached hydrogens (tertiary/aromatic N) is 2. The summed E-state index contributed by atoms with van der Waals surface area (Å²) < 4.78 is 0. The molecule has 2 heterocycles. The van der Waals surface area contributed by atoms with E-state index >= 15 is 0 Å². The molecule has 0 radical (unpaired) electrons. The minimum absolute atomic E-state index is 0.0111. The Kier molecular flexibility index (Phi) is 8.97. The van der Waals surface area contributed by atoms with Gasteiger partial charge in [-0.1, -0.05) is 200 Å². The van der Waals surface area contributed by atoms with E-state index in [4.69, 9.17) is 0 Å². The first-order chi connectivity index (χ1) is 31.3. The standard InChI is InChI=1S/C60H41BN2/c1-6-19-42(20-7-1)43-33-35-48(36-34-43)62-56-30-17-16-29-54(56)61-55-40-52(46-25-12-4-13-26-46)53(47-27-14-5-15-28-47)41-59(55)63(58-32-18-31-57(62)60(58)61)49-37-38-50(44-21-8-2-9-22-44)51(39-49)45-23-10-3-11-24-45/h1-41H. The van der Waals surface area contributed by atoms with Gasteiger partial charge in [0.05, 0.1) is 0 Å². The maximum atomic E-state index is 2.54. The number of hydrogen-bond acceptors (Lipinski definition) is 2. The molecule has 2 aliphatic heterocycles. The van der Waals surface area contributed by atoms with E-state index in [1.54, 1.807) is 0 Å². The van der Waals surface area contributed by atoms with Gasteiger partial charge in [-0.05, 0) is 121 Å². The fraction of sp³-hybridized carbons (Fsp3) is 0. The topological polar surface area (TPSA) is 6.48 Å². The van der Waals surface area contributed by atoms with Crippen LogP contribution in [0.5, 0.6) is 0 Å². The molecule has 2 aliphatic rings. The number of benzene rings is 10. The first-order valence-corrected chi connectivity index (χ1v) is 21.8. The van der Waals surface area contributed by atoms with Gasteiger partial charge in [-0.2, -0.15) is 0 Å². The van der Waals surface area contributed by atoms with Crippen LogP contribution in [0.3, 0.4) is 0 Å². The highest BCUT2D eigenvalue weighted by atomic mass is 15.2. The number of para-hydroxylation sites is 1. The SMILES string of the molecule is c1ccc(-c2ccc(N3c4ccccc4B4c5cc(-c6ccccc6)c(-c6ccccc6)cc5N(c5ccc(-c6ccccc6)c(-c6ccccc6)c5)c5cccc3c54)cc2)cc1. The van der Waals surface area contributed by atoms with Crippen molar-refractivity contribution in [2.45, 2.75) is 0 Å². The first-order valence-electron chi connectivity index (χ1n) is 21.8. The van der Waals surface area contributed by atoms with Crippen LogP contribution in [-0.2, 0) is 0 Å². The van der Waals surface area contributed by atoms with Gasteiger partial charge < -0.3 is 9.80 Å². The molecular weight excluding hydrogens is 759 g/mol. The van der Waals surface area contributed by atoms with Crippen molar-refractivity contribution < 1.29 is 0 Å². The van der Waals surface area contributed by atoms with E-state index in [1.165, 1.54) is 94.8 Å². The lowest BCUT2D eigenvalue weighted by Crippen LogP contribution is -2.61. The molecule has 0 N–H and O–H groups in total. The molecule has 0 saturated carbocycles. The molecular formula is C60H41BN2. The minimum Gasteiger partial charge on any atom is -0.311 e. The van der Waals surface area contributed by atoms with Gasteiger partial charge in [-0.25, -0.2) is 0 Å². The third kappa shape index (κ3) is 6.28. The molecule has 0 amide bonds. The van der Waals surface area contributed by atoms with Crippen LogP contribution >= 0.6 is 0 Å². The van der Waals surface area contributed by atoms with Gasteiger partial charge >= 0.3 is 0 Å². The summed E-state index contributed by atoms with van der Waals surface area (Å²) in [5.74, 6) is 0. The number of fused-ring (bicyclic) bond motifs is 4. The van der Waals surface area contributed by atoms with Crippen molar-refractivity contribution in [1.29, 1.82) is 0 Å². The predicted molar refractivity (Wildman–Crippen MR) is 268 cm³/mol. The van der Waals surface area contributed by atoms with E-state index in [1.807, 2.05) is 0 Å². The first kappa shape index (κ1) is 36.7. The molecule has 294 valence electrons. The van der Waals surface area contributed by atoms with Gasteiger partial charge in [-0.15, -0.1) is 0 Å². The smallest absolute Gasteiger partial charge is 0.252 e. The van der Waals surface area contributed by atoms with Gasteiger partial charge in [0.15, 0.2) is 0 Å². The molecule has 10 aromatic rings. The van der Waals surface area contributed by atoms with Crippen LogP contribution in [0.25, 0.3) is 55.6 Å². The summed E-state index contributed by atoms with van der Waals surface area (Å²) in [5, 5.41) is 0. The van der Waals surface area contributed by atoms with Gasteiger partial charge in [-0.3, -0.25) is 0 Å². The summed E-state index contributed by atoms with van der Waals surface area (Å²) >= 11 is 0. The average Bonchev–Trinajstić information content (AvgIpc) is 3.37. The molecule has 0 aliphatic carbocycles. The molecule has 0 aromatic heterocycles. The van der Waals surface area contributed by atoms with Crippen molar-refractivity contribution in [2.75, 3.05) is 9.80 Å². The van der Waals surface area contributed by atoms with E-state index < -0.39 is 0 Å². The van der Waals surface area contributed by atoms with Crippen LogP contribution < -0.4 is 26.2 Å². The summed E-state index contributed by atoms with van der Waals surface area (Å²) in [6.07, 6.45) is 0. The Labute approximate surface area is 369 Å². The van der Waals surface area contributed by atoms with Crippen molar-refractivity contribution in [3.05, 3.63) is 249 Å². The van der Waals surface area contributed by atoms with E-state index in [-0.39, 0.29) is 6.71 Å². The summed E-state index contributed by atoms with van der Waals surface area (Å²) in [7, 11) is 0. The molecule has 0 bridgehead atoms. The number of rotatable bonds is 7. The second-order valence-corrected chi connectivity index (χ2v) is 16.4. The van der Waals surface area contributed by atoms with Gasteiger partial charge in [0.25, 0.3) is 6.71 Å². The highest BCUT2D eigenvalue weighted by Gasteiger charge is 2.43. The zero-order chi connectivity index (χ0) is 41.7. The average molecular weight is 801 g/mol. The van der Waals surface area contributed by atoms with E-state index in [0.717, 1.165) is 11.4 Å². The Hall–Kier alpha value is -8.14. The number of hydrogen-bond donors (Lipinski definition) is 0. The lowest BCUT2D eigenvalue weighted by molar-refractivity contribution is 1.25. The minimum atomic E-state index is -0.0111. The zero-order valence-electron chi connectivity index (χ0n) is 34.6. The molecule has 10 aromatic carbocycles. The molecule has 0 saturated heterocycles. The Balaban J connectivity index is 1.14. The van der Waals surface area contributed by atoms with Crippen molar-refractivity contribution in [1.82, 2.24) is 0 Å². The molecule has 12 rings (SSSR count). The van der Waals surface area contributed by atoms with Crippen LogP contribution in [0, 0.1) is 0 Å². The molecule has 0 atom stereocenters. The fourth-order valence-corrected chi connectivity index (χ4v) is 10.0. The van der Waals surface area contributed by atoms with Crippen LogP contribution in [0.1, 0.15) is 0 Å². The highest BCUT2D eigenvalue weighted by Crippen LogP contribution is 2.48. The maximum Gasteiger partial charge on any atom is 0.252 e. The maximum absolute atomic E-state index is 2.54. The summed E-state index contributed by atoms with van der Waals surface area (Å²) in [6, 6.07) is 91.1. The Morgan fingerprint density at radius 2 is 0.651 bits per heavy atom. The van der Waals surface area contributed by atoms with Crippen LogP contribution in [0.2, 0.25) is 0 Å². The fourth-order valence-electron chi connectivity index (χ4n) is 10.0. The van der Waals surface area contributed by atoms with Crippen molar-refractivity contribution >= 4 is 57.2 Å². The molecule has 63 heavy (non-hydrogen) atoms. The van der Waals surface area contributed by atoms with Crippen LogP contribution in [0.4, 0.5) is 34.1 Å². The van der Waals surface area contributed by atoms with Crippen molar-refractivity contribution in [2.24, 2.45) is 0 Å². The highest BCUT2D eigenvalue weighted by molar-refractivity contribution is 7.00. The molecule has 0 spiro atoms. The predicted octanol–water partition coefficient (Wildman–Crippen LogP) is 14.1. The summed E-state index contributed by atoms with van der Waals surface area (Å²) in [4.78, 5) is 5.02. The molecule has 0 unspecified atom stereocenters.